The van der Waals surface area contributed by atoms with E-state index in [1.54, 1.807) is 6.92 Å². The zero-order chi connectivity index (χ0) is 11.3. The highest BCUT2D eigenvalue weighted by Gasteiger charge is 2.09. The van der Waals surface area contributed by atoms with Crippen molar-refractivity contribution in [2.24, 2.45) is 0 Å². The van der Waals surface area contributed by atoms with Gasteiger partial charge in [-0.25, -0.2) is 9.78 Å². The lowest BCUT2D eigenvalue weighted by atomic mass is 10.1. The number of rotatable bonds is 6. The molecule has 1 heterocycles. The number of nitrogens with zero attached hydrogens (tertiary/aromatic N) is 1. The number of carbonyl (C=O) groups excluding carboxylic acids is 1. The molecule has 0 aromatic carbocycles. The van der Waals surface area contributed by atoms with Crippen LogP contribution in [0.15, 0.2) is 10.7 Å². The quantitative estimate of drug-likeness (QED) is 0.724. The number of aryl methyl sites for hydroxylation is 1. The van der Waals surface area contributed by atoms with Gasteiger partial charge < -0.3 is 14.3 Å². The molecule has 0 saturated heterocycles. The molecule has 0 amide bonds. The number of unbranched alkanes of at least 4 members (excludes halogenated alkanes) is 1. The van der Waals surface area contributed by atoms with Crippen LogP contribution in [0.25, 0.3) is 0 Å². The van der Waals surface area contributed by atoms with E-state index in [1.165, 1.54) is 0 Å². The minimum atomic E-state index is -1.09. The van der Waals surface area contributed by atoms with Gasteiger partial charge in [0, 0.05) is 12.8 Å². The van der Waals surface area contributed by atoms with Crippen LogP contribution >= 0.6 is 0 Å². The maximum atomic E-state index is 10.6. The fourth-order valence-corrected chi connectivity index (χ4v) is 1.17. The first-order chi connectivity index (χ1) is 7.09. The van der Waals surface area contributed by atoms with Gasteiger partial charge in [0.2, 0.25) is 0 Å². The number of carboxylic acid groups (broad SMARTS) is 1. The van der Waals surface area contributed by atoms with E-state index in [0.717, 1.165) is 19.1 Å². The number of carboxylic acids is 1. The second-order valence-electron chi connectivity index (χ2n) is 3.34. The fourth-order valence-electron chi connectivity index (χ4n) is 1.17. The topological polar surface area (TPSA) is 80.4 Å². The van der Waals surface area contributed by atoms with Gasteiger partial charge >= 0.3 is 5.97 Å². The van der Waals surface area contributed by atoms with Gasteiger partial charge in [0.15, 0.2) is 11.6 Å². The Labute approximate surface area is 87.1 Å². The smallest absolute Gasteiger partial charge is 0.357 e. The number of carbonyl (C=O) groups is 2. The molecule has 5 nitrogen and oxygen atoms in total. The Morgan fingerprint density at radius 1 is 1.47 bits per heavy atom. The lowest BCUT2D eigenvalue weighted by Crippen LogP contribution is -1.97. The van der Waals surface area contributed by atoms with E-state index in [9.17, 15) is 9.59 Å². The molecule has 0 aliphatic carbocycles. The number of oxazole rings is 1. The van der Waals surface area contributed by atoms with Gasteiger partial charge in [-0.2, -0.15) is 0 Å². The molecule has 1 aromatic rings. The monoisotopic (exact) mass is 211 g/mol. The van der Waals surface area contributed by atoms with E-state index >= 15 is 0 Å². The molecule has 15 heavy (non-hydrogen) atoms. The zero-order valence-electron chi connectivity index (χ0n) is 8.52. The molecule has 0 unspecified atom stereocenters. The molecular weight excluding hydrogens is 198 g/mol. The van der Waals surface area contributed by atoms with Crippen LogP contribution in [0, 0.1) is 0 Å². The first-order valence-electron chi connectivity index (χ1n) is 4.76. The van der Waals surface area contributed by atoms with E-state index in [4.69, 9.17) is 9.52 Å². The second-order valence-corrected chi connectivity index (χ2v) is 3.34. The summed E-state index contributed by atoms with van der Waals surface area (Å²) in [6.45, 7) is 1.55. The van der Waals surface area contributed by atoms with Crippen molar-refractivity contribution in [1.29, 1.82) is 0 Å². The van der Waals surface area contributed by atoms with Crippen LogP contribution in [0.2, 0.25) is 0 Å². The van der Waals surface area contributed by atoms with Crippen LogP contribution < -0.4 is 0 Å². The lowest BCUT2D eigenvalue weighted by molar-refractivity contribution is -0.117. The predicted molar refractivity (Wildman–Crippen MR) is 51.7 cm³/mol. The normalized spacial score (nSPS) is 10.2. The van der Waals surface area contributed by atoms with Gasteiger partial charge in [-0.1, -0.05) is 0 Å². The molecule has 0 aliphatic rings. The largest absolute Gasteiger partial charge is 0.476 e. The third-order valence-electron chi connectivity index (χ3n) is 1.94. The van der Waals surface area contributed by atoms with E-state index in [2.05, 4.69) is 4.98 Å². The summed E-state index contributed by atoms with van der Waals surface area (Å²) in [5, 5.41) is 8.58. The van der Waals surface area contributed by atoms with Crippen molar-refractivity contribution in [3.63, 3.8) is 0 Å². The Morgan fingerprint density at radius 2 is 2.20 bits per heavy atom. The summed E-state index contributed by atoms with van der Waals surface area (Å²) < 4.78 is 4.96. The Morgan fingerprint density at radius 3 is 2.73 bits per heavy atom. The average Bonchev–Trinajstić information content (AvgIpc) is 2.60. The Kier molecular flexibility index (Phi) is 4.03. The number of aromatic nitrogens is 1. The summed E-state index contributed by atoms with van der Waals surface area (Å²) in [4.78, 5) is 24.9. The summed E-state index contributed by atoms with van der Waals surface area (Å²) in [5.41, 5.74) is -0.0726. The van der Waals surface area contributed by atoms with Crippen molar-refractivity contribution in [2.45, 2.75) is 32.6 Å². The van der Waals surface area contributed by atoms with Gasteiger partial charge in [-0.15, -0.1) is 0 Å². The first kappa shape index (κ1) is 11.4. The molecule has 0 atom stereocenters. The van der Waals surface area contributed by atoms with E-state index in [1.807, 2.05) is 0 Å². The Hall–Kier alpha value is -1.65. The lowest BCUT2D eigenvalue weighted by Gasteiger charge is -1.94. The second kappa shape index (κ2) is 5.29. The van der Waals surface area contributed by atoms with Crippen LogP contribution in [0.5, 0.6) is 0 Å². The molecule has 1 N–H and O–H groups in total. The maximum Gasteiger partial charge on any atom is 0.357 e. The summed E-state index contributed by atoms with van der Waals surface area (Å²) in [6, 6.07) is 0. The Bertz CT molecular complexity index is 356. The van der Waals surface area contributed by atoms with Crippen LogP contribution in [0.3, 0.4) is 0 Å². The van der Waals surface area contributed by atoms with Crippen molar-refractivity contribution < 1.29 is 19.1 Å². The molecule has 1 rings (SSSR count). The highest BCUT2D eigenvalue weighted by Crippen LogP contribution is 2.07. The summed E-state index contributed by atoms with van der Waals surface area (Å²) in [7, 11) is 0. The van der Waals surface area contributed by atoms with Crippen molar-refractivity contribution in [1.82, 2.24) is 4.98 Å². The third-order valence-corrected chi connectivity index (χ3v) is 1.94. The third kappa shape index (κ3) is 3.93. The summed E-state index contributed by atoms with van der Waals surface area (Å²) in [6.07, 6.45) is 3.80. The highest BCUT2D eigenvalue weighted by atomic mass is 16.4. The van der Waals surface area contributed by atoms with Gasteiger partial charge in [0.05, 0.1) is 0 Å². The molecule has 0 radical (unpaired) electrons. The highest BCUT2D eigenvalue weighted by molar-refractivity contribution is 5.84. The van der Waals surface area contributed by atoms with Gasteiger partial charge in [-0.3, -0.25) is 0 Å². The molecule has 82 valence electrons. The predicted octanol–water partition coefficient (Wildman–Crippen LogP) is 1.67. The Balaban J connectivity index is 2.31. The van der Waals surface area contributed by atoms with Crippen molar-refractivity contribution >= 4 is 11.8 Å². The minimum Gasteiger partial charge on any atom is -0.476 e. The van der Waals surface area contributed by atoms with Crippen LogP contribution in [-0.2, 0) is 11.2 Å². The molecule has 0 saturated carbocycles. The van der Waals surface area contributed by atoms with Crippen molar-refractivity contribution in [3.05, 3.63) is 17.8 Å². The van der Waals surface area contributed by atoms with Crippen molar-refractivity contribution in [3.8, 4) is 0 Å². The van der Waals surface area contributed by atoms with Gasteiger partial charge in [-0.05, 0) is 19.8 Å². The van der Waals surface area contributed by atoms with Crippen LogP contribution in [0.4, 0.5) is 0 Å². The number of aromatic carboxylic acids is 1. The number of hydrogen-bond acceptors (Lipinski definition) is 4. The van der Waals surface area contributed by atoms with Crippen molar-refractivity contribution in [2.75, 3.05) is 0 Å². The maximum absolute atomic E-state index is 10.6. The van der Waals surface area contributed by atoms with Crippen LogP contribution in [0.1, 0.15) is 42.6 Å². The van der Waals surface area contributed by atoms with Crippen LogP contribution in [-0.4, -0.2) is 21.8 Å². The SMILES string of the molecule is CC(=O)CCCCc1nc(C(=O)O)co1. The number of Topliss-reactive ketones (excluding diaryl/α,β-unsaturated/α-hetero) is 1. The molecule has 0 spiro atoms. The summed E-state index contributed by atoms with van der Waals surface area (Å²) >= 11 is 0. The fraction of sp³-hybridized carbons (Fsp3) is 0.500. The van der Waals surface area contributed by atoms with E-state index in [0.29, 0.717) is 18.7 Å². The minimum absolute atomic E-state index is 0.0726. The molecule has 1 aromatic heterocycles. The molecule has 0 fully saturated rings. The standard InChI is InChI=1S/C10H13NO4/c1-7(12)4-2-3-5-9-11-8(6-15-9)10(13)14/h6H,2-5H2,1H3,(H,13,14). The molecular formula is C10H13NO4. The number of ketones is 1. The number of hydrogen-bond donors (Lipinski definition) is 1. The van der Waals surface area contributed by atoms with Gasteiger partial charge in [0.25, 0.3) is 0 Å². The molecule has 0 aliphatic heterocycles. The van der Waals surface area contributed by atoms with E-state index < -0.39 is 5.97 Å². The van der Waals surface area contributed by atoms with Gasteiger partial charge in [0.1, 0.15) is 12.0 Å². The average molecular weight is 211 g/mol. The summed E-state index contributed by atoms with van der Waals surface area (Å²) in [5.74, 6) is -0.515. The van der Waals surface area contributed by atoms with E-state index in [-0.39, 0.29) is 11.5 Å². The molecule has 0 bridgehead atoms. The molecule has 5 heteroatoms. The zero-order valence-corrected chi connectivity index (χ0v) is 8.52. The first-order valence-corrected chi connectivity index (χ1v) is 4.76.